The Bertz CT molecular complexity index is 887. The molecule has 1 aromatic heterocycles. The second kappa shape index (κ2) is 10.1. The number of ketones is 1. The first-order valence-electron chi connectivity index (χ1n) is 8.59. The van der Waals surface area contributed by atoms with Crippen molar-refractivity contribution in [2.45, 2.75) is 31.8 Å². The van der Waals surface area contributed by atoms with Crippen LogP contribution in [-0.2, 0) is 12.8 Å². The van der Waals surface area contributed by atoms with E-state index in [-0.39, 0.29) is 38.1 Å². The molecule has 0 aliphatic heterocycles. The van der Waals surface area contributed by atoms with Gasteiger partial charge in [-0.25, -0.2) is 4.39 Å². The van der Waals surface area contributed by atoms with Gasteiger partial charge in [0.25, 0.3) is 5.91 Å². The van der Waals surface area contributed by atoms with E-state index in [2.05, 4.69) is 5.32 Å². The predicted octanol–water partition coefficient (Wildman–Crippen LogP) is 2.80. The summed E-state index contributed by atoms with van der Waals surface area (Å²) in [6.45, 7) is -0.549. The molecule has 152 valence electrons. The molecule has 1 aliphatic carbocycles. The molecule has 0 unspecified atom stereocenters. The van der Waals surface area contributed by atoms with E-state index in [9.17, 15) is 19.1 Å². The Morgan fingerprint density at radius 1 is 1.36 bits per heavy atom. The third-order valence-electron chi connectivity index (χ3n) is 4.47. The average Bonchev–Trinajstić information content (AvgIpc) is 3.01. The van der Waals surface area contributed by atoms with Gasteiger partial charge in [-0.2, -0.15) is 13.5 Å². The smallest absolute Gasteiger partial charge is 0.252 e. The highest BCUT2D eigenvalue weighted by Crippen LogP contribution is 2.36. The Balaban J connectivity index is 0.00000280. The number of nitrogens with one attached hydrogen (secondary N) is 1. The van der Waals surface area contributed by atoms with Gasteiger partial charge in [0.1, 0.15) is 5.82 Å². The number of carbonyl (C=O) groups excluding carboxylic acids is 2. The number of carbonyl (C=O) groups is 2. The molecule has 1 atom stereocenters. The standard InChI is InChI=1S/C19H19FINO4S.H2S/c20-14-7-11(21)5-4-10(14)6-16-17(19(26)22-8-12(24)9-23)13-2-1-3-15(25)18(13)27-16;/h4-5,7,12,23-24H,1-3,6,8-9H2,(H,22,26);1H2/t12-;/m0./s1. The number of hydrogen-bond acceptors (Lipinski definition) is 5. The molecule has 0 radical (unpaired) electrons. The van der Waals surface area contributed by atoms with E-state index >= 15 is 0 Å². The lowest BCUT2D eigenvalue weighted by Gasteiger charge is -2.14. The van der Waals surface area contributed by atoms with E-state index in [1.807, 2.05) is 22.6 Å². The summed E-state index contributed by atoms with van der Waals surface area (Å²) in [4.78, 5) is 26.3. The minimum absolute atomic E-state index is 0. The van der Waals surface area contributed by atoms with Crippen molar-refractivity contribution in [2.75, 3.05) is 13.2 Å². The van der Waals surface area contributed by atoms with Crippen LogP contribution in [0.2, 0.25) is 0 Å². The van der Waals surface area contributed by atoms with Crippen molar-refractivity contribution in [3.63, 3.8) is 0 Å². The highest BCUT2D eigenvalue weighted by molar-refractivity contribution is 14.1. The summed E-state index contributed by atoms with van der Waals surface area (Å²) >= 11 is 3.29. The number of fused-ring (bicyclic) bond motifs is 1. The molecule has 1 aliphatic rings. The molecule has 1 heterocycles. The van der Waals surface area contributed by atoms with Gasteiger partial charge in [0.05, 0.1) is 23.2 Å². The van der Waals surface area contributed by atoms with Crippen molar-refractivity contribution in [1.29, 1.82) is 0 Å². The molecular weight excluding hydrogens is 516 g/mol. The lowest BCUT2D eigenvalue weighted by molar-refractivity contribution is 0.0801. The van der Waals surface area contributed by atoms with Gasteiger partial charge in [-0.1, -0.05) is 6.07 Å². The zero-order valence-corrected chi connectivity index (χ0v) is 18.9. The maximum Gasteiger partial charge on any atom is 0.252 e. The van der Waals surface area contributed by atoms with E-state index in [1.54, 1.807) is 12.1 Å². The molecule has 2 aromatic rings. The van der Waals surface area contributed by atoms with Crippen molar-refractivity contribution < 1.29 is 24.2 Å². The summed E-state index contributed by atoms with van der Waals surface area (Å²) in [5.74, 6) is -0.739. The van der Waals surface area contributed by atoms with E-state index < -0.39 is 18.6 Å². The molecule has 1 amide bonds. The van der Waals surface area contributed by atoms with E-state index in [0.29, 0.717) is 45.7 Å². The molecule has 3 N–H and O–H groups in total. The largest absolute Gasteiger partial charge is 0.394 e. The monoisotopic (exact) mass is 537 g/mol. The van der Waals surface area contributed by atoms with Crippen molar-refractivity contribution in [1.82, 2.24) is 5.32 Å². The number of hydrogen-bond donors (Lipinski definition) is 3. The fraction of sp³-hybridized carbons (Fsp3) is 0.368. The number of aliphatic hydroxyl groups excluding tert-OH is 2. The van der Waals surface area contributed by atoms with Crippen molar-refractivity contribution in [3.05, 3.63) is 54.0 Å². The maximum atomic E-state index is 14.3. The van der Waals surface area contributed by atoms with Crippen molar-refractivity contribution >= 4 is 59.1 Å². The predicted molar refractivity (Wildman–Crippen MR) is 119 cm³/mol. The fourth-order valence-electron chi connectivity index (χ4n) is 3.11. The Morgan fingerprint density at radius 3 is 2.79 bits per heavy atom. The lowest BCUT2D eigenvalue weighted by atomic mass is 9.92. The summed E-state index contributed by atoms with van der Waals surface area (Å²) in [5.41, 5.74) is 1.59. The van der Waals surface area contributed by atoms with Gasteiger partial charge in [0.2, 0.25) is 0 Å². The molecular formula is C19H21FINO4S2. The molecule has 28 heavy (non-hydrogen) atoms. The van der Waals surface area contributed by atoms with Gasteiger partial charge in [-0.15, -0.1) is 11.3 Å². The number of amides is 1. The van der Waals surface area contributed by atoms with Crippen molar-refractivity contribution in [3.8, 4) is 0 Å². The highest BCUT2D eigenvalue weighted by Gasteiger charge is 2.29. The molecule has 0 bridgehead atoms. The lowest BCUT2D eigenvalue weighted by Crippen LogP contribution is -2.34. The minimum atomic E-state index is -1.05. The van der Waals surface area contributed by atoms with Crippen LogP contribution in [0.5, 0.6) is 0 Å². The van der Waals surface area contributed by atoms with Gasteiger partial charge < -0.3 is 15.5 Å². The van der Waals surface area contributed by atoms with Crippen LogP contribution in [0.25, 0.3) is 0 Å². The molecule has 0 saturated heterocycles. The molecule has 1 aromatic carbocycles. The first kappa shape index (κ1) is 23.3. The molecule has 0 fully saturated rings. The normalized spacial score (nSPS) is 14.2. The number of Topliss-reactive ketones (excluding diaryl/α,β-unsaturated/α-hetero) is 1. The summed E-state index contributed by atoms with van der Waals surface area (Å²) in [6.07, 6.45) is 0.924. The Hall–Kier alpha value is -1.01. The number of aliphatic hydroxyl groups is 2. The highest BCUT2D eigenvalue weighted by atomic mass is 127. The zero-order chi connectivity index (χ0) is 19.6. The van der Waals surface area contributed by atoms with Crippen LogP contribution in [0.1, 0.15) is 48.9 Å². The van der Waals surface area contributed by atoms with Gasteiger partial charge in [-0.3, -0.25) is 9.59 Å². The SMILES string of the molecule is O=C1CCCc2c1sc(Cc1ccc(I)cc1F)c2C(=O)NC[C@H](O)CO.S. The molecule has 9 heteroatoms. The number of benzene rings is 1. The first-order valence-corrected chi connectivity index (χ1v) is 10.5. The van der Waals surface area contributed by atoms with Crippen LogP contribution >= 0.6 is 47.4 Å². The summed E-state index contributed by atoms with van der Waals surface area (Å²) in [6, 6.07) is 4.93. The third-order valence-corrected chi connectivity index (χ3v) is 6.41. The van der Waals surface area contributed by atoms with Crippen LogP contribution in [0.4, 0.5) is 4.39 Å². The maximum absolute atomic E-state index is 14.3. The minimum Gasteiger partial charge on any atom is -0.394 e. The second-order valence-electron chi connectivity index (χ2n) is 6.44. The van der Waals surface area contributed by atoms with Crippen molar-refractivity contribution in [2.24, 2.45) is 0 Å². The Labute approximate surface area is 186 Å². The van der Waals surface area contributed by atoms with Crippen LogP contribution < -0.4 is 5.32 Å². The molecule has 3 rings (SSSR count). The van der Waals surface area contributed by atoms with Gasteiger partial charge in [-0.05, 0) is 58.7 Å². The molecule has 5 nitrogen and oxygen atoms in total. The summed E-state index contributed by atoms with van der Waals surface area (Å²) in [7, 11) is 0. The molecule has 0 saturated carbocycles. The van der Waals surface area contributed by atoms with Gasteiger partial charge in [0.15, 0.2) is 5.78 Å². The first-order chi connectivity index (χ1) is 12.9. The second-order valence-corrected chi connectivity index (χ2v) is 8.79. The van der Waals surface area contributed by atoms with E-state index in [0.717, 1.165) is 3.57 Å². The zero-order valence-electron chi connectivity index (χ0n) is 14.9. The third kappa shape index (κ3) is 5.12. The fourth-order valence-corrected chi connectivity index (χ4v) is 4.90. The van der Waals surface area contributed by atoms with Crippen LogP contribution in [0, 0.1) is 9.39 Å². The number of halogens is 2. The van der Waals surface area contributed by atoms with Crippen LogP contribution in [0.3, 0.4) is 0 Å². The van der Waals surface area contributed by atoms with Gasteiger partial charge in [0, 0.05) is 27.8 Å². The average molecular weight is 537 g/mol. The van der Waals surface area contributed by atoms with E-state index in [4.69, 9.17) is 5.11 Å². The van der Waals surface area contributed by atoms with Crippen LogP contribution in [-0.4, -0.2) is 41.2 Å². The summed E-state index contributed by atoms with van der Waals surface area (Å²) < 4.78 is 15.1. The Morgan fingerprint density at radius 2 is 2.11 bits per heavy atom. The quantitative estimate of drug-likeness (QED) is 0.495. The van der Waals surface area contributed by atoms with E-state index in [1.165, 1.54) is 17.4 Å². The molecule has 0 spiro atoms. The summed E-state index contributed by atoms with van der Waals surface area (Å²) in [5, 5.41) is 21.0. The van der Waals surface area contributed by atoms with Crippen LogP contribution in [0.15, 0.2) is 18.2 Å². The number of rotatable bonds is 6. The number of thiophene rings is 1. The topological polar surface area (TPSA) is 86.6 Å². The Kier molecular flexibility index (Phi) is 8.44. The van der Waals surface area contributed by atoms with Gasteiger partial charge >= 0.3 is 0 Å².